The van der Waals surface area contributed by atoms with Gasteiger partial charge in [0.1, 0.15) is 12.3 Å². The summed E-state index contributed by atoms with van der Waals surface area (Å²) in [6, 6.07) is 15.0. The van der Waals surface area contributed by atoms with Gasteiger partial charge in [0.25, 0.3) is 5.91 Å². The molecule has 192 valence electrons. The Morgan fingerprint density at radius 2 is 1.84 bits per heavy atom. The van der Waals surface area contributed by atoms with Crippen LogP contribution in [0.5, 0.6) is 0 Å². The lowest BCUT2D eigenvalue weighted by Gasteiger charge is -2.23. The van der Waals surface area contributed by atoms with Crippen molar-refractivity contribution in [2.45, 2.75) is 19.5 Å². The number of carbonyl (C=O) groups is 2. The molecule has 1 saturated heterocycles. The molecule has 1 aromatic heterocycles. The maximum Gasteiger partial charge on any atom is 0.431 e. The Morgan fingerprint density at radius 3 is 2.66 bits per heavy atom. The summed E-state index contributed by atoms with van der Waals surface area (Å²) in [4.78, 5) is 31.1. The molecule has 8 nitrogen and oxygen atoms in total. The van der Waals surface area contributed by atoms with Gasteiger partial charge >= 0.3 is 6.09 Å². The van der Waals surface area contributed by atoms with Crippen LogP contribution in [0.4, 0.5) is 10.5 Å². The molecule has 2 fully saturated rings. The molecule has 1 saturated carbocycles. The van der Waals surface area contributed by atoms with Crippen molar-refractivity contribution in [2.24, 2.45) is 16.9 Å². The Hall–Kier alpha value is -3.88. The molecule has 0 spiro atoms. The highest BCUT2D eigenvalue weighted by Crippen LogP contribution is 2.45. The second-order valence-electron chi connectivity index (χ2n) is 10.5. The summed E-state index contributed by atoms with van der Waals surface area (Å²) < 4.78 is 5.37. The molecule has 7 rings (SSSR count). The van der Waals surface area contributed by atoms with Crippen LogP contribution < -0.4 is 5.32 Å². The highest BCUT2D eigenvalue weighted by Gasteiger charge is 2.44. The number of amides is 2. The number of benzene rings is 2. The van der Waals surface area contributed by atoms with E-state index >= 15 is 0 Å². The van der Waals surface area contributed by atoms with E-state index in [0.717, 1.165) is 46.5 Å². The summed E-state index contributed by atoms with van der Waals surface area (Å²) in [6.07, 6.45) is 4.80. The van der Waals surface area contributed by atoms with E-state index in [1.807, 2.05) is 42.6 Å². The van der Waals surface area contributed by atoms with Gasteiger partial charge in [0.2, 0.25) is 0 Å². The minimum atomic E-state index is -0.512. The van der Waals surface area contributed by atoms with Gasteiger partial charge in [-0.25, -0.2) is 4.79 Å². The summed E-state index contributed by atoms with van der Waals surface area (Å²) >= 11 is 6.00. The number of cyclic esters (lactones) is 1. The average Bonchev–Trinajstić information content (AvgIpc) is 3.19. The quantitative estimate of drug-likeness (QED) is 0.443. The summed E-state index contributed by atoms with van der Waals surface area (Å²) in [7, 11) is 0. The molecule has 0 bridgehead atoms. The van der Waals surface area contributed by atoms with Crippen LogP contribution in [0.2, 0.25) is 5.02 Å². The first kappa shape index (κ1) is 23.3. The van der Waals surface area contributed by atoms with Gasteiger partial charge in [-0.1, -0.05) is 29.8 Å². The lowest BCUT2D eigenvalue weighted by atomic mass is 10.0. The average molecular weight is 528 g/mol. The van der Waals surface area contributed by atoms with Crippen LogP contribution in [0, 0.1) is 11.8 Å². The molecule has 38 heavy (non-hydrogen) atoms. The first-order valence-corrected chi connectivity index (χ1v) is 13.2. The van der Waals surface area contributed by atoms with Crippen molar-refractivity contribution in [3.63, 3.8) is 0 Å². The van der Waals surface area contributed by atoms with Gasteiger partial charge in [0, 0.05) is 53.4 Å². The van der Waals surface area contributed by atoms with E-state index < -0.39 is 6.09 Å². The lowest BCUT2D eigenvalue weighted by Crippen LogP contribution is -2.35. The summed E-state index contributed by atoms with van der Waals surface area (Å²) in [5.41, 5.74) is 6.58. The highest BCUT2D eigenvalue weighted by atomic mass is 35.5. The van der Waals surface area contributed by atoms with Crippen molar-refractivity contribution < 1.29 is 14.3 Å². The number of piperidine rings is 1. The molecular formula is C29H26ClN5O3. The molecule has 3 aliphatic heterocycles. The van der Waals surface area contributed by atoms with Gasteiger partial charge in [-0.15, -0.1) is 0 Å². The van der Waals surface area contributed by atoms with E-state index in [0.29, 0.717) is 16.3 Å². The topological polar surface area (TPSA) is 90.0 Å². The van der Waals surface area contributed by atoms with Gasteiger partial charge < -0.3 is 15.0 Å². The van der Waals surface area contributed by atoms with E-state index in [1.54, 1.807) is 12.1 Å². The zero-order chi connectivity index (χ0) is 25.8. The Morgan fingerprint density at radius 1 is 1.03 bits per heavy atom. The molecule has 3 aromatic rings. The molecule has 2 aromatic carbocycles. The summed E-state index contributed by atoms with van der Waals surface area (Å²) in [5, 5.41) is 9.41. The number of H-pyrrole nitrogens is 1. The molecule has 4 aliphatic rings. The van der Waals surface area contributed by atoms with E-state index in [4.69, 9.17) is 16.3 Å². The van der Waals surface area contributed by atoms with Crippen molar-refractivity contribution in [3.8, 4) is 0 Å². The minimum Gasteiger partial charge on any atom is -0.442 e. The predicted octanol–water partition coefficient (Wildman–Crippen LogP) is 4.97. The Balaban J connectivity index is 1.10. The fourth-order valence-electron chi connectivity index (χ4n) is 5.62. The maximum absolute atomic E-state index is 12.8. The number of rotatable bonds is 6. The number of nitrogens with one attached hydrogen (secondary N) is 2. The number of fused-ring (bicyclic) bond motifs is 2. The van der Waals surface area contributed by atoms with E-state index in [1.165, 1.54) is 30.1 Å². The number of hydrogen-bond acceptors (Lipinski definition) is 5. The molecule has 2 N–H and O–H groups in total. The number of carbonyl (C=O) groups excluding carboxylic acids is 2. The zero-order valence-electron chi connectivity index (χ0n) is 20.6. The van der Waals surface area contributed by atoms with E-state index in [-0.39, 0.29) is 19.1 Å². The first-order chi connectivity index (χ1) is 18.5. The molecule has 0 radical (unpaired) electrons. The van der Waals surface area contributed by atoms with Crippen molar-refractivity contribution in [3.05, 3.63) is 87.7 Å². The van der Waals surface area contributed by atoms with Crippen molar-refractivity contribution in [1.82, 2.24) is 14.9 Å². The molecule has 9 heteroatoms. The van der Waals surface area contributed by atoms with Gasteiger partial charge in [-0.2, -0.15) is 10.1 Å². The number of aromatic amines is 1. The fourth-order valence-corrected chi connectivity index (χ4v) is 5.75. The monoisotopic (exact) mass is 527 g/mol. The Labute approximate surface area is 224 Å². The number of ether oxygens (including phenoxy) is 1. The Bertz CT molecular complexity index is 1500. The molecule has 0 unspecified atom stereocenters. The van der Waals surface area contributed by atoms with Crippen LogP contribution in [0.3, 0.4) is 0 Å². The van der Waals surface area contributed by atoms with Crippen LogP contribution in [-0.2, 0) is 22.6 Å². The van der Waals surface area contributed by atoms with Crippen LogP contribution >= 0.6 is 11.6 Å². The largest absolute Gasteiger partial charge is 0.442 e. The van der Waals surface area contributed by atoms with Crippen LogP contribution in [-0.4, -0.2) is 52.3 Å². The first-order valence-electron chi connectivity index (χ1n) is 12.8. The smallest absolute Gasteiger partial charge is 0.431 e. The predicted molar refractivity (Wildman–Crippen MR) is 145 cm³/mol. The SMILES string of the molecule is O=C1Nc2ccc(CN3N=C(c4ccc(Cl)cc4)COC3=O)cc2C1=Cc1cc(CN2C[C@H]3C[C@H]3C2)c[nH]1. The van der Waals surface area contributed by atoms with Crippen molar-refractivity contribution in [1.29, 1.82) is 0 Å². The number of anilines is 1. The van der Waals surface area contributed by atoms with Gasteiger partial charge in [0.05, 0.1) is 12.1 Å². The number of hydrogen-bond donors (Lipinski definition) is 2. The molecule has 2 amide bonds. The standard InChI is InChI=1S/C29H26ClN5O3/c30-22-4-2-19(3-5-22)27-16-38-29(37)35(33-27)13-17-1-6-26-24(8-17)25(28(36)32-26)10-23-7-18(11-31-23)12-34-14-20-9-21(20)15-34/h1-8,10-11,20-21,31H,9,12-16H2,(H,32,36)/t20-,21+. The number of nitrogens with zero attached hydrogens (tertiary/aromatic N) is 3. The third-order valence-corrected chi connectivity index (χ3v) is 7.94. The van der Waals surface area contributed by atoms with E-state index in [2.05, 4.69) is 26.4 Å². The van der Waals surface area contributed by atoms with Crippen molar-refractivity contribution >= 4 is 46.6 Å². The molecule has 4 heterocycles. The zero-order valence-corrected chi connectivity index (χ0v) is 21.4. The molecule has 2 atom stereocenters. The summed E-state index contributed by atoms with van der Waals surface area (Å²) in [6.45, 7) is 3.64. The fraction of sp³-hybridized carbons (Fsp3) is 0.276. The van der Waals surface area contributed by atoms with Crippen LogP contribution in [0.15, 0.2) is 59.8 Å². The van der Waals surface area contributed by atoms with Crippen molar-refractivity contribution in [2.75, 3.05) is 25.0 Å². The number of aromatic nitrogens is 1. The van der Waals surface area contributed by atoms with Crippen LogP contribution in [0.1, 0.15) is 34.4 Å². The Kier molecular flexibility index (Phi) is 5.60. The number of hydrazone groups is 1. The third kappa shape index (κ3) is 4.50. The van der Waals surface area contributed by atoms with E-state index in [9.17, 15) is 9.59 Å². The maximum atomic E-state index is 12.8. The van der Waals surface area contributed by atoms with Gasteiger partial charge in [0.15, 0.2) is 0 Å². The lowest BCUT2D eigenvalue weighted by molar-refractivity contribution is -0.110. The highest BCUT2D eigenvalue weighted by molar-refractivity contribution is 6.34. The second-order valence-corrected chi connectivity index (χ2v) is 10.9. The number of likely N-dealkylation sites (tertiary alicyclic amines) is 1. The third-order valence-electron chi connectivity index (χ3n) is 7.69. The second kappa shape index (κ2) is 9.15. The normalized spacial score (nSPS) is 23.2. The van der Waals surface area contributed by atoms with Gasteiger partial charge in [-0.05, 0) is 65.8 Å². The summed E-state index contributed by atoms with van der Waals surface area (Å²) in [5.74, 6) is 1.67. The van der Waals surface area contributed by atoms with Crippen LogP contribution in [0.25, 0.3) is 11.6 Å². The number of halogens is 1. The molecule has 1 aliphatic carbocycles. The minimum absolute atomic E-state index is 0.101. The van der Waals surface area contributed by atoms with Gasteiger partial charge in [-0.3, -0.25) is 9.69 Å². The molecular weight excluding hydrogens is 502 g/mol.